The Bertz CT molecular complexity index is 554. The van der Waals surface area contributed by atoms with Gasteiger partial charge in [0.05, 0.1) is 52.9 Å². The van der Waals surface area contributed by atoms with Crippen molar-refractivity contribution in [1.82, 2.24) is 10.3 Å². The molecule has 178 valence electrons. The Morgan fingerprint density at radius 1 is 0.903 bits per heavy atom. The van der Waals surface area contributed by atoms with Gasteiger partial charge in [0.2, 0.25) is 11.8 Å². The third-order valence-electron chi connectivity index (χ3n) is 4.26. The minimum atomic E-state index is -0.0287. The lowest BCUT2D eigenvalue weighted by Gasteiger charge is -2.09. The highest BCUT2D eigenvalue weighted by Gasteiger charge is 2.03. The Morgan fingerprint density at radius 3 is 2.06 bits per heavy atom. The van der Waals surface area contributed by atoms with Gasteiger partial charge in [-0.1, -0.05) is 26.8 Å². The summed E-state index contributed by atoms with van der Waals surface area (Å²) in [6.45, 7) is 11.8. The van der Waals surface area contributed by atoms with Crippen LogP contribution in [0.3, 0.4) is 0 Å². The van der Waals surface area contributed by atoms with E-state index in [4.69, 9.17) is 23.7 Å². The van der Waals surface area contributed by atoms with Crippen LogP contribution in [0.5, 0.6) is 5.88 Å². The molecule has 1 aromatic heterocycles. The van der Waals surface area contributed by atoms with Crippen LogP contribution in [0.1, 0.15) is 51.5 Å². The molecular weight excluding hydrogens is 400 g/mol. The minimum absolute atomic E-state index is 0.0287. The number of nitrogens with one attached hydrogen (secondary N) is 1. The first kappa shape index (κ1) is 27.3. The Kier molecular flexibility index (Phi) is 16.7. The molecule has 8 heteroatoms. The van der Waals surface area contributed by atoms with Gasteiger partial charge in [-0.2, -0.15) is 0 Å². The SMILES string of the molecule is CCCOCCOCCOCCOCCC(=O)NCCCOc1ccc(C(C)C)cn1. The zero-order valence-corrected chi connectivity index (χ0v) is 19.4. The average molecular weight is 441 g/mol. The van der Waals surface area contributed by atoms with Crippen molar-refractivity contribution in [3.63, 3.8) is 0 Å². The van der Waals surface area contributed by atoms with Crippen LogP contribution < -0.4 is 10.1 Å². The van der Waals surface area contributed by atoms with E-state index in [-0.39, 0.29) is 5.91 Å². The number of ether oxygens (including phenoxy) is 5. The lowest BCUT2D eigenvalue weighted by atomic mass is 10.1. The smallest absolute Gasteiger partial charge is 0.222 e. The lowest BCUT2D eigenvalue weighted by Crippen LogP contribution is -2.26. The highest BCUT2D eigenvalue weighted by molar-refractivity contribution is 5.75. The van der Waals surface area contributed by atoms with Gasteiger partial charge in [-0.05, 0) is 24.3 Å². The molecule has 0 aromatic carbocycles. The number of pyridine rings is 1. The monoisotopic (exact) mass is 440 g/mol. The number of carbonyl (C=O) groups is 1. The number of hydrogen-bond acceptors (Lipinski definition) is 7. The van der Waals surface area contributed by atoms with E-state index in [1.165, 1.54) is 5.56 Å². The first-order valence-electron chi connectivity index (χ1n) is 11.3. The number of aromatic nitrogens is 1. The highest BCUT2D eigenvalue weighted by Crippen LogP contribution is 2.15. The zero-order chi connectivity index (χ0) is 22.6. The summed E-state index contributed by atoms with van der Waals surface area (Å²) in [6.07, 6.45) is 3.91. The molecule has 0 radical (unpaired) electrons. The molecule has 0 aliphatic rings. The third kappa shape index (κ3) is 15.7. The number of rotatable bonds is 20. The second kappa shape index (κ2) is 19.0. The summed E-state index contributed by atoms with van der Waals surface area (Å²) in [5.74, 6) is 1.03. The van der Waals surface area contributed by atoms with E-state index in [0.717, 1.165) is 19.4 Å². The van der Waals surface area contributed by atoms with Crippen LogP contribution in [-0.2, 0) is 23.7 Å². The van der Waals surface area contributed by atoms with Crippen LogP contribution in [0.4, 0.5) is 0 Å². The number of nitrogens with zero attached hydrogens (tertiary/aromatic N) is 1. The first-order valence-corrected chi connectivity index (χ1v) is 11.3. The molecule has 31 heavy (non-hydrogen) atoms. The van der Waals surface area contributed by atoms with Crippen LogP contribution in [0, 0.1) is 0 Å². The predicted molar refractivity (Wildman–Crippen MR) is 120 cm³/mol. The maximum Gasteiger partial charge on any atom is 0.222 e. The maximum absolute atomic E-state index is 11.8. The predicted octanol–water partition coefficient (Wildman–Crippen LogP) is 2.96. The van der Waals surface area contributed by atoms with Gasteiger partial charge >= 0.3 is 0 Å². The van der Waals surface area contributed by atoms with Crippen LogP contribution in [0.25, 0.3) is 0 Å². The molecule has 1 rings (SSSR count). The molecule has 1 amide bonds. The van der Waals surface area contributed by atoms with Crippen molar-refractivity contribution >= 4 is 5.91 Å². The van der Waals surface area contributed by atoms with E-state index in [2.05, 4.69) is 31.1 Å². The van der Waals surface area contributed by atoms with Gasteiger partial charge in [-0.25, -0.2) is 4.98 Å². The molecular formula is C23H40N2O6. The van der Waals surface area contributed by atoms with Crippen LogP contribution in [-0.4, -0.2) is 76.9 Å². The van der Waals surface area contributed by atoms with Gasteiger partial charge in [0, 0.05) is 31.8 Å². The van der Waals surface area contributed by atoms with Gasteiger partial charge < -0.3 is 29.0 Å². The van der Waals surface area contributed by atoms with Crippen LogP contribution in [0.2, 0.25) is 0 Å². The second-order valence-corrected chi connectivity index (χ2v) is 7.34. The highest BCUT2D eigenvalue weighted by atomic mass is 16.6. The first-order chi connectivity index (χ1) is 15.1. The summed E-state index contributed by atoms with van der Waals surface area (Å²) in [6, 6.07) is 3.91. The molecule has 0 atom stereocenters. The summed E-state index contributed by atoms with van der Waals surface area (Å²) in [7, 11) is 0. The number of hydrogen-bond donors (Lipinski definition) is 1. The van der Waals surface area contributed by atoms with Crippen molar-refractivity contribution in [2.45, 2.75) is 46.0 Å². The van der Waals surface area contributed by atoms with E-state index in [1.54, 1.807) is 0 Å². The fourth-order valence-electron chi connectivity index (χ4n) is 2.45. The van der Waals surface area contributed by atoms with E-state index in [9.17, 15) is 4.79 Å². The molecule has 0 aliphatic heterocycles. The summed E-state index contributed by atoms with van der Waals surface area (Å²) < 4.78 is 27.1. The Labute approximate surface area is 186 Å². The van der Waals surface area contributed by atoms with E-state index in [1.807, 2.05) is 18.3 Å². The largest absolute Gasteiger partial charge is 0.478 e. The fraction of sp³-hybridized carbons (Fsp3) is 0.739. The number of amides is 1. The van der Waals surface area contributed by atoms with E-state index in [0.29, 0.717) is 77.6 Å². The molecule has 1 N–H and O–H groups in total. The van der Waals surface area contributed by atoms with Crippen molar-refractivity contribution < 1.29 is 28.5 Å². The third-order valence-corrected chi connectivity index (χ3v) is 4.26. The van der Waals surface area contributed by atoms with Gasteiger partial charge in [0.25, 0.3) is 0 Å². The van der Waals surface area contributed by atoms with E-state index < -0.39 is 0 Å². The number of carbonyl (C=O) groups excluding carboxylic acids is 1. The van der Waals surface area contributed by atoms with Gasteiger partial charge in [0.1, 0.15) is 0 Å². The van der Waals surface area contributed by atoms with Crippen molar-refractivity contribution in [2.24, 2.45) is 0 Å². The second-order valence-electron chi connectivity index (χ2n) is 7.34. The molecule has 0 fully saturated rings. The summed E-state index contributed by atoms with van der Waals surface area (Å²) in [5, 5.41) is 2.86. The lowest BCUT2D eigenvalue weighted by molar-refractivity contribution is -0.122. The Morgan fingerprint density at radius 2 is 1.52 bits per heavy atom. The Balaban J connectivity index is 1.84. The minimum Gasteiger partial charge on any atom is -0.478 e. The molecule has 0 bridgehead atoms. The van der Waals surface area contributed by atoms with Crippen molar-refractivity contribution in [3.05, 3.63) is 23.9 Å². The van der Waals surface area contributed by atoms with Crippen molar-refractivity contribution in [2.75, 3.05) is 66.0 Å². The quantitative estimate of drug-likeness (QED) is 0.312. The van der Waals surface area contributed by atoms with Crippen molar-refractivity contribution in [1.29, 1.82) is 0 Å². The molecule has 0 saturated heterocycles. The van der Waals surface area contributed by atoms with E-state index >= 15 is 0 Å². The average Bonchev–Trinajstić information content (AvgIpc) is 2.77. The molecule has 0 saturated carbocycles. The summed E-state index contributed by atoms with van der Waals surface area (Å²) >= 11 is 0. The molecule has 1 aromatic rings. The zero-order valence-electron chi connectivity index (χ0n) is 19.4. The van der Waals surface area contributed by atoms with Crippen LogP contribution in [0.15, 0.2) is 18.3 Å². The fourth-order valence-corrected chi connectivity index (χ4v) is 2.45. The van der Waals surface area contributed by atoms with Gasteiger partial charge in [-0.15, -0.1) is 0 Å². The Hall–Kier alpha value is -1.74. The molecule has 8 nitrogen and oxygen atoms in total. The summed E-state index contributed by atoms with van der Waals surface area (Å²) in [4.78, 5) is 16.1. The van der Waals surface area contributed by atoms with Crippen LogP contribution >= 0.6 is 0 Å². The van der Waals surface area contributed by atoms with Gasteiger partial charge in [0.15, 0.2) is 0 Å². The molecule has 0 spiro atoms. The van der Waals surface area contributed by atoms with Crippen molar-refractivity contribution in [3.8, 4) is 5.88 Å². The normalized spacial score (nSPS) is 11.1. The standard InChI is InChI=1S/C23H40N2O6/c1-4-10-27-13-15-29-17-18-30-16-14-28-12-8-22(26)24-9-5-11-31-23-7-6-21(19-25-23)20(2)3/h6-7,19-20H,4-5,8-18H2,1-3H3,(H,24,26). The maximum atomic E-state index is 11.8. The summed E-state index contributed by atoms with van der Waals surface area (Å²) in [5.41, 5.74) is 1.19. The molecule has 0 unspecified atom stereocenters. The van der Waals surface area contributed by atoms with Gasteiger partial charge in [-0.3, -0.25) is 4.79 Å². The molecule has 0 aliphatic carbocycles. The topological polar surface area (TPSA) is 88.1 Å². The molecule has 1 heterocycles.